The first-order valence-electron chi connectivity index (χ1n) is 5.02. The molecule has 0 N–H and O–H groups in total. The van der Waals surface area contributed by atoms with E-state index in [1.807, 2.05) is 0 Å². The molecule has 0 amide bonds. The monoisotopic (exact) mass is 237 g/mol. The van der Waals surface area contributed by atoms with Crippen LogP contribution >= 0.6 is 0 Å². The Kier molecular flexibility index (Phi) is 2.95. The fourth-order valence-electron chi connectivity index (χ4n) is 1.33. The first-order chi connectivity index (χ1) is 8.11. The average molecular weight is 237 g/mol. The van der Waals surface area contributed by atoms with E-state index in [-0.39, 0.29) is 11.5 Å². The van der Waals surface area contributed by atoms with Gasteiger partial charge in [-0.2, -0.15) is 0 Å². The van der Waals surface area contributed by atoms with Crippen LogP contribution in [0.1, 0.15) is 23.8 Å². The van der Waals surface area contributed by atoms with E-state index in [2.05, 4.69) is 10.3 Å². The predicted octanol–water partition coefficient (Wildman–Crippen LogP) is 2.14. The van der Waals surface area contributed by atoms with Crippen molar-refractivity contribution in [1.29, 1.82) is 0 Å². The molecule has 0 spiro atoms. The fourth-order valence-corrected chi connectivity index (χ4v) is 1.33. The summed E-state index contributed by atoms with van der Waals surface area (Å²) < 4.78 is 26.9. The minimum atomic E-state index is -0.971. The van der Waals surface area contributed by atoms with Crippen molar-refractivity contribution in [1.82, 2.24) is 15.0 Å². The predicted molar refractivity (Wildman–Crippen MR) is 55.9 cm³/mol. The first kappa shape index (κ1) is 11.4. The minimum Gasteiger partial charge on any atom is -0.292 e. The zero-order chi connectivity index (χ0) is 12.4. The molecule has 0 aliphatic heterocycles. The van der Waals surface area contributed by atoms with Crippen molar-refractivity contribution in [2.45, 2.75) is 13.3 Å². The first-order valence-corrected chi connectivity index (χ1v) is 5.02. The van der Waals surface area contributed by atoms with Crippen molar-refractivity contribution in [2.24, 2.45) is 0 Å². The van der Waals surface area contributed by atoms with Crippen molar-refractivity contribution >= 4 is 5.78 Å². The molecular formula is C11H9F2N3O. The highest BCUT2D eigenvalue weighted by Gasteiger charge is 2.10. The SMILES string of the molecule is CCC(=O)c1cn(-c2ccc(F)c(F)c2)nn1. The van der Waals surface area contributed by atoms with Gasteiger partial charge < -0.3 is 0 Å². The standard InChI is InChI=1S/C11H9F2N3O/c1-2-11(17)10-6-16(15-14-10)7-3-4-8(12)9(13)5-7/h3-6H,2H2,1H3. The van der Waals surface area contributed by atoms with Crippen molar-refractivity contribution in [3.63, 3.8) is 0 Å². The van der Waals surface area contributed by atoms with E-state index in [0.717, 1.165) is 12.1 Å². The second-order valence-electron chi connectivity index (χ2n) is 3.42. The van der Waals surface area contributed by atoms with Crippen molar-refractivity contribution in [3.05, 3.63) is 41.7 Å². The van der Waals surface area contributed by atoms with E-state index < -0.39 is 11.6 Å². The van der Waals surface area contributed by atoms with Gasteiger partial charge in [0.2, 0.25) is 0 Å². The van der Waals surface area contributed by atoms with Gasteiger partial charge in [0.15, 0.2) is 17.4 Å². The van der Waals surface area contributed by atoms with E-state index in [9.17, 15) is 13.6 Å². The van der Waals surface area contributed by atoms with Crippen molar-refractivity contribution < 1.29 is 13.6 Å². The highest BCUT2D eigenvalue weighted by Crippen LogP contribution is 2.12. The lowest BCUT2D eigenvalue weighted by Crippen LogP contribution is -1.97. The number of carbonyl (C=O) groups excluding carboxylic acids is 1. The number of halogens is 2. The molecule has 0 radical (unpaired) electrons. The number of hydrogen-bond acceptors (Lipinski definition) is 3. The van der Waals surface area contributed by atoms with Gasteiger partial charge in [-0.15, -0.1) is 5.10 Å². The van der Waals surface area contributed by atoms with Gasteiger partial charge in [-0.05, 0) is 12.1 Å². The summed E-state index contributed by atoms with van der Waals surface area (Å²) in [4.78, 5) is 11.3. The molecule has 0 saturated heterocycles. The maximum Gasteiger partial charge on any atom is 0.184 e. The number of ketones is 1. The molecule has 2 rings (SSSR count). The van der Waals surface area contributed by atoms with Crippen LogP contribution in [0.4, 0.5) is 8.78 Å². The molecule has 17 heavy (non-hydrogen) atoms. The van der Waals surface area contributed by atoms with Crippen LogP contribution in [0.5, 0.6) is 0 Å². The Balaban J connectivity index is 2.37. The summed E-state index contributed by atoms with van der Waals surface area (Å²) in [7, 11) is 0. The number of rotatable bonds is 3. The lowest BCUT2D eigenvalue weighted by Gasteiger charge is -1.99. The maximum absolute atomic E-state index is 13.0. The summed E-state index contributed by atoms with van der Waals surface area (Å²) in [5.74, 6) is -2.06. The lowest BCUT2D eigenvalue weighted by atomic mass is 10.2. The van der Waals surface area contributed by atoms with Gasteiger partial charge >= 0.3 is 0 Å². The molecule has 4 nitrogen and oxygen atoms in total. The largest absolute Gasteiger partial charge is 0.292 e. The smallest absolute Gasteiger partial charge is 0.184 e. The molecule has 0 unspecified atom stereocenters. The van der Waals surface area contributed by atoms with Gasteiger partial charge in [0, 0.05) is 12.5 Å². The fraction of sp³-hybridized carbons (Fsp3) is 0.182. The Bertz CT molecular complexity index is 566. The molecular weight excluding hydrogens is 228 g/mol. The molecule has 0 aliphatic rings. The number of aromatic nitrogens is 3. The third kappa shape index (κ3) is 2.20. The third-order valence-corrected chi connectivity index (χ3v) is 2.27. The summed E-state index contributed by atoms with van der Waals surface area (Å²) >= 11 is 0. The quantitative estimate of drug-likeness (QED) is 0.768. The van der Waals surface area contributed by atoms with Crippen LogP contribution in [-0.4, -0.2) is 20.8 Å². The normalized spacial score (nSPS) is 10.5. The van der Waals surface area contributed by atoms with Crippen LogP contribution in [0.3, 0.4) is 0 Å². The highest BCUT2D eigenvalue weighted by molar-refractivity contribution is 5.93. The third-order valence-electron chi connectivity index (χ3n) is 2.27. The summed E-state index contributed by atoms with van der Waals surface area (Å²) in [6.07, 6.45) is 1.70. The molecule has 2 aromatic rings. The molecule has 1 aromatic heterocycles. The topological polar surface area (TPSA) is 47.8 Å². The average Bonchev–Trinajstić information content (AvgIpc) is 2.81. The Morgan fingerprint density at radius 3 is 2.76 bits per heavy atom. The summed E-state index contributed by atoms with van der Waals surface area (Å²) in [6.45, 7) is 1.71. The van der Waals surface area contributed by atoms with Crippen LogP contribution in [-0.2, 0) is 0 Å². The van der Waals surface area contributed by atoms with Crippen LogP contribution in [0.15, 0.2) is 24.4 Å². The number of Topliss-reactive ketones (excluding diaryl/α,β-unsaturated/α-hetero) is 1. The Morgan fingerprint density at radius 1 is 1.35 bits per heavy atom. The zero-order valence-corrected chi connectivity index (χ0v) is 9.02. The molecule has 0 fully saturated rings. The van der Waals surface area contributed by atoms with E-state index in [1.54, 1.807) is 6.92 Å². The molecule has 6 heteroatoms. The van der Waals surface area contributed by atoms with E-state index >= 15 is 0 Å². The maximum atomic E-state index is 13.0. The molecule has 0 bridgehead atoms. The van der Waals surface area contributed by atoms with E-state index in [4.69, 9.17) is 0 Å². The highest BCUT2D eigenvalue weighted by atomic mass is 19.2. The molecule has 1 heterocycles. The molecule has 0 aliphatic carbocycles. The van der Waals surface area contributed by atoms with Gasteiger partial charge in [0.1, 0.15) is 5.69 Å². The second kappa shape index (κ2) is 4.40. The van der Waals surface area contributed by atoms with E-state index in [1.165, 1.54) is 16.9 Å². The summed E-state index contributed by atoms with van der Waals surface area (Å²) in [5.41, 5.74) is 0.517. The van der Waals surface area contributed by atoms with Crippen LogP contribution in [0.2, 0.25) is 0 Å². The minimum absolute atomic E-state index is 0.154. The van der Waals surface area contributed by atoms with Crippen molar-refractivity contribution in [3.8, 4) is 5.69 Å². The lowest BCUT2D eigenvalue weighted by molar-refractivity contribution is 0.0983. The molecule has 1 aromatic carbocycles. The Morgan fingerprint density at radius 2 is 2.12 bits per heavy atom. The molecule has 0 saturated carbocycles. The van der Waals surface area contributed by atoms with Gasteiger partial charge in [-0.1, -0.05) is 12.1 Å². The van der Waals surface area contributed by atoms with Gasteiger partial charge in [-0.25, -0.2) is 13.5 Å². The summed E-state index contributed by atoms with van der Waals surface area (Å²) in [6, 6.07) is 3.34. The van der Waals surface area contributed by atoms with Gasteiger partial charge in [0.25, 0.3) is 0 Å². The second-order valence-corrected chi connectivity index (χ2v) is 3.42. The number of benzene rings is 1. The van der Waals surface area contributed by atoms with Crippen molar-refractivity contribution in [2.75, 3.05) is 0 Å². The van der Waals surface area contributed by atoms with Gasteiger partial charge in [0.05, 0.1) is 11.9 Å². The Hall–Kier alpha value is -2.11. The number of carbonyl (C=O) groups is 1. The number of nitrogens with zero attached hydrogens (tertiary/aromatic N) is 3. The molecule has 0 atom stereocenters. The zero-order valence-electron chi connectivity index (χ0n) is 9.02. The van der Waals surface area contributed by atoms with E-state index in [0.29, 0.717) is 12.1 Å². The van der Waals surface area contributed by atoms with Crippen LogP contribution < -0.4 is 0 Å². The Labute approximate surface area is 95.9 Å². The summed E-state index contributed by atoms with van der Waals surface area (Å²) in [5, 5.41) is 7.35. The van der Waals surface area contributed by atoms with Crippen LogP contribution in [0, 0.1) is 11.6 Å². The van der Waals surface area contributed by atoms with Crippen LogP contribution in [0.25, 0.3) is 5.69 Å². The number of hydrogen-bond donors (Lipinski definition) is 0. The molecule has 88 valence electrons. The van der Waals surface area contributed by atoms with Gasteiger partial charge in [-0.3, -0.25) is 4.79 Å².